The van der Waals surface area contributed by atoms with Crippen molar-refractivity contribution < 1.29 is 9.90 Å². The summed E-state index contributed by atoms with van der Waals surface area (Å²) in [6.07, 6.45) is 6.34. The molecule has 118 valence electrons. The molecule has 3 rings (SSSR count). The third-order valence-corrected chi connectivity index (χ3v) is 4.73. The maximum Gasteiger partial charge on any atom is 0.326 e. The molecule has 1 heterocycles. The predicted octanol–water partition coefficient (Wildman–Crippen LogP) is 3.70. The summed E-state index contributed by atoms with van der Waals surface area (Å²) in [7, 11) is 0. The molecule has 22 heavy (non-hydrogen) atoms. The number of carboxylic acid groups (broad SMARTS) is 1. The van der Waals surface area contributed by atoms with Crippen molar-refractivity contribution in [3.8, 4) is 0 Å². The summed E-state index contributed by atoms with van der Waals surface area (Å²) in [4.78, 5) is 16.5. The Balaban J connectivity index is 2.20. The summed E-state index contributed by atoms with van der Waals surface area (Å²) in [5.41, 5.74) is 8.26. The van der Waals surface area contributed by atoms with E-state index < -0.39 is 12.0 Å². The molecule has 1 aromatic heterocycles. The summed E-state index contributed by atoms with van der Waals surface area (Å²) in [6, 6.07) is 5.04. The lowest BCUT2D eigenvalue weighted by molar-refractivity contribution is -0.141. The van der Waals surface area contributed by atoms with Gasteiger partial charge >= 0.3 is 5.97 Å². The molecule has 2 aromatic rings. The normalized spacial score (nSPS) is 17.7. The molecule has 5 nitrogen and oxygen atoms in total. The molecule has 1 saturated carbocycles. The molecule has 0 radical (unpaired) electrons. The maximum atomic E-state index is 11.7. The van der Waals surface area contributed by atoms with Gasteiger partial charge in [0.05, 0.1) is 11.2 Å². The van der Waals surface area contributed by atoms with E-state index >= 15 is 0 Å². The number of carboxylic acids is 1. The van der Waals surface area contributed by atoms with Crippen molar-refractivity contribution in [3.05, 3.63) is 24.0 Å². The fourth-order valence-corrected chi connectivity index (χ4v) is 3.60. The van der Waals surface area contributed by atoms with Crippen molar-refractivity contribution >= 4 is 22.7 Å². The first kappa shape index (κ1) is 14.9. The minimum atomic E-state index is -0.804. The molecule has 0 saturated heterocycles. The van der Waals surface area contributed by atoms with E-state index in [0.29, 0.717) is 18.0 Å². The van der Waals surface area contributed by atoms with Crippen LogP contribution in [0, 0.1) is 0 Å². The molecule has 5 heteroatoms. The highest BCUT2D eigenvalue weighted by atomic mass is 16.4. The molecule has 1 unspecified atom stereocenters. The molecule has 0 aliphatic heterocycles. The SMILES string of the molecule is CCC(C(=O)O)n1c(C2CCCCC2)nc2c(N)cccc21. The van der Waals surface area contributed by atoms with Crippen molar-refractivity contribution in [2.75, 3.05) is 5.73 Å². The number of para-hydroxylation sites is 1. The summed E-state index contributed by atoms with van der Waals surface area (Å²) < 4.78 is 1.92. The van der Waals surface area contributed by atoms with E-state index in [4.69, 9.17) is 10.7 Å². The number of nitrogens with two attached hydrogens (primary N) is 1. The Hall–Kier alpha value is -2.04. The number of aliphatic carboxylic acids is 1. The van der Waals surface area contributed by atoms with Crippen LogP contribution >= 0.6 is 0 Å². The lowest BCUT2D eigenvalue weighted by atomic mass is 9.88. The average Bonchev–Trinajstić information content (AvgIpc) is 2.90. The molecule has 1 aromatic carbocycles. The first-order valence-electron chi connectivity index (χ1n) is 8.12. The Morgan fingerprint density at radius 2 is 2.14 bits per heavy atom. The Morgan fingerprint density at radius 1 is 1.41 bits per heavy atom. The van der Waals surface area contributed by atoms with Crippen LogP contribution in [-0.4, -0.2) is 20.6 Å². The van der Waals surface area contributed by atoms with Gasteiger partial charge in [-0.1, -0.05) is 32.3 Å². The van der Waals surface area contributed by atoms with Gasteiger partial charge in [0.25, 0.3) is 0 Å². The van der Waals surface area contributed by atoms with Crippen molar-refractivity contribution in [3.63, 3.8) is 0 Å². The number of fused-ring (bicyclic) bond motifs is 1. The maximum absolute atomic E-state index is 11.7. The highest BCUT2D eigenvalue weighted by Crippen LogP contribution is 2.37. The molecule has 0 amide bonds. The monoisotopic (exact) mass is 301 g/mol. The van der Waals surface area contributed by atoms with Crippen LogP contribution in [0.1, 0.15) is 63.2 Å². The van der Waals surface area contributed by atoms with Crippen molar-refractivity contribution in [2.24, 2.45) is 0 Å². The predicted molar refractivity (Wildman–Crippen MR) is 86.9 cm³/mol. The number of benzene rings is 1. The van der Waals surface area contributed by atoms with Crippen LogP contribution in [0.2, 0.25) is 0 Å². The second kappa shape index (κ2) is 5.99. The Bertz CT molecular complexity index is 687. The molecule has 1 aliphatic carbocycles. The highest BCUT2D eigenvalue weighted by Gasteiger charge is 2.29. The molecule has 0 bridgehead atoms. The zero-order valence-electron chi connectivity index (χ0n) is 13.0. The van der Waals surface area contributed by atoms with Gasteiger partial charge in [-0.2, -0.15) is 0 Å². The van der Waals surface area contributed by atoms with E-state index in [1.54, 1.807) is 0 Å². The van der Waals surface area contributed by atoms with Gasteiger partial charge in [0.2, 0.25) is 0 Å². The number of hydrogen-bond acceptors (Lipinski definition) is 3. The number of aromatic nitrogens is 2. The van der Waals surface area contributed by atoms with Crippen molar-refractivity contribution in [2.45, 2.75) is 57.4 Å². The van der Waals surface area contributed by atoms with Crippen LogP contribution in [0.15, 0.2) is 18.2 Å². The first-order valence-corrected chi connectivity index (χ1v) is 8.12. The van der Waals surface area contributed by atoms with Crippen LogP contribution in [0.3, 0.4) is 0 Å². The van der Waals surface area contributed by atoms with Crippen LogP contribution in [0.4, 0.5) is 5.69 Å². The van der Waals surface area contributed by atoms with E-state index in [2.05, 4.69) is 0 Å². The van der Waals surface area contributed by atoms with Gasteiger partial charge in [-0.15, -0.1) is 0 Å². The average molecular weight is 301 g/mol. The number of nitrogen functional groups attached to an aromatic ring is 1. The quantitative estimate of drug-likeness (QED) is 0.844. The topological polar surface area (TPSA) is 81.1 Å². The molecule has 1 aliphatic rings. The lowest BCUT2D eigenvalue weighted by Gasteiger charge is -2.24. The van der Waals surface area contributed by atoms with Crippen LogP contribution in [0.5, 0.6) is 0 Å². The molecule has 3 N–H and O–H groups in total. The van der Waals surface area contributed by atoms with Crippen molar-refractivity contribution in [1.29, 1.82) is 0 Å². The number of imidazole rings is 1. The number of anilines is 1. The fourth-order valence-electron chi connectivity index (χ4n) is 3.60. The summed E-state index contributed by atoms with van der Waals surface area (Å²) in [5, 5.41) is 9.62. The Labute approximate surface area is 130 Å². The van der Waals surface area contributed by atoms with E-state index in [0.717, 1.165) is 29.7 Å². The lowest BCUT2D eigenvalue weighted by Crippen LogP contribution is -2.22. The molecular formula is C17H23N3O2. The van der Waals surface area contributed by atoms with Gasteiger partial charge < -0.3 is 15.4 Å². The van der Waals surface area contributed by atoms with E-state index in [9.17, 15) is 9.90 Å². The van der Waals surface area contributed by atoms with Gasteiger partial charge in [0.1, 0.15) is 17.4 Å². The second-order valence-electron chi connectivity index (χ2n) is 6.15. The largest absolute Gasteiger partial charge is 0.480 e. The smallest absolute Gasteiger partial charge is 0.326 e. The van der Waals surface area contributed by atoms with Gasteiger partial charge in [0, 0.05) is 5.92 Å². The number of carbonyl (C=O) groups is 1. The van der Waals surface area contributed by atoms with Crippen LogP contribution in [0.25, 0.3) is 11.0 Å². The van der Waals surface area contributed by atoms with Crippen LogP contribution < -0.4 is 5.73 Å². The molecule has 0 spiro atoms. The standard InChI is InChI=1S/C17H23N3O2/c1-2-13(17(21)22)20-14-10-6-9-12(18)15(14)19-16(20)11-7-4-3-5-8-11/h6,9-11,13H,2-5,7-8,18H2,1H3,(H,21,22). The van der Waals surface area contributed by atoms with Crippen LogP contribution in [-0.2, 0) is 4.79 Å². The second-order valence-corrected chi connectivity index (χ2v) is 6.15. The van der Waals surface area contributed by atoms with E-state index in [1.165, 1.54) is 19.3 Å². The van der Waals surface area contributed by atoms with Gasteiger partial charge in [-0.05, 0) is 31.4 Å². The zero-order valence-corrected chi connectivity index (χ0v) is 13.0. The Morgan fingerprint density at radius 3 is 2.77 bits per heavy atom. The third kappa shape index (κ3) is 2.45. The van der Waals surface area contributed by atoms with Gasteiger partial charge in [-0.25, -0.2) is 9.78 Å². The number of rotatable bonds is 4. The minimum absolute atomic E-state index is 0.342. The van der Waals surface area contributed by atoms with Gasteiger partial charge in [-0.3, -0.25) is 0 Å². The minimum Gasteiger partial charge on any atom is -0.480 e. The fraction of sp³-hybridized carbons (Fsp3) is 0.529. The number of nitrogens with zero attached hydrogens (tertiary/aromatic N) is 2. The van der Waals surface area contributed by atoms with Crippen molar-refractivity contribution in [1.82, 2.24) is 9.55 Å². The summed E-state index contributed by atoms with van der Waals surface area (Å²) in [5.74, 6) is 0.442. The molecular weight excluding hydrogens is 278 g/mol. The van der Waals surface area contributed by atoms with E-state index in [-0.39, 0.29) is 0 Å². The number of hydrogen-bond donors (Lipinski definition) is 2. The third-order valence-electron chi connectivity index (χ3n) is 4.73. The van der Waals surface area contributed by atoms with Gasteiger partial charge in [0.15, 0.2) is 0 Å². The summed E-state index contributed by atoms with van der Waals surface area (Å²) in [6.45, 7) is 1.90. The van der Waals surface area contributed by atoms with E-state index in [1.807, 2.05) is 29.7 Å². The highest BCUT2D eigenvalue weighted by molar-refractivity contribution is 5.89. The summed E-state index contributed by atoms with van der Waals surface area (Å²) >= 11 is 0. The Kier molecular flexibility index (Phi) is 4.05. The molecule has 1 fully saturated rings. The molecule has 1 atom stereocenters. The first-order chi connectivity index (χ1) is 10.6. The zero-order chi connectivity index (χ0) is 15.7.